The van der Waals surface area contributed by atoms with E-state index < -0.39 is 0 Å². The molecule has 2 N–H and O–H groups in total. The van der Waals surface area contributed by atoms with Crippen molar-refractivity contribution in [2.45, 2.75) is 33.2 Å². The van der Waals surface area contributed by atoms with Crippen LogP contribution < -0.4 is 10.6 Å². The Morgan fingerprint density at radius 2 is 2.00 bits per heavy atom. The zero-order chi connectivity index (χ0) is 15.9. The van der Waals surface area contributed by atoms with Crippen molar-refractivity contribution in [3.8, 4) is 0 Å². The van der Waals surface area contributed by atoms with E-state index in [9.17, 15) is 9.59 Å². The molecule has 6 nitrogen and oxygen atoms in total. The molecule has 0 fully saturated rings. The van der Waals surface area contributed by atoms with E-state index in [0.29, 0.717) is 19.5 Å². The first kappa shape index (κ1) is 16.0. The first-order valence-electron chi connectivity index (χ1n) is 7.57. The Balaban J connectivity index is 2.16. The summed E-state index contributed by atoms with van der Waals surface area (Å²) in [5, 5.41) is 5.59. The Morgan fingerprint density at radius 1 is 1.23 bits per heavy atom. The van der Waals surface area contributed by atoms with E-state index in [1.165, 1.54) is 6.92 Å². The lowest BCUT2D eigenvalue weighted by Gasteiger charge is -2.09. The van der Waals surface area contributed by atoms with Crippen molar-refractivity contribution in [1.82, 2.24) is 20.2 Å². The van der Waals surface area contributed by atoms with Gasteiger partial charge in [-0.2, -0.15) is 0 Å². The molecule has 2 aromatic rings. The van der Waals surface area contributed by atoms with Crippen molar-refractivity contribution in [2.75, 3.05) is 13.1 Å². The average Bonchev–Trinajstić information content (AvgIpc) is 2.82. The summed E-state index contributed by atoms with van der Waals surface area (Å²) in [5.74, 6) is 0.822. The van der Waals surface area contributed by atoms with Crippen molar-refractivity contribution in [3.05, 3.63) is 30.1 Å². The lowest BCUT2D eigenvalue weighted by molar-refractivity contribution is -0.121. The Labute approximate surface area is 129 Å². The third-order valence-corrected chi connectivity index (χ3v) is 3.36. The molecule has 0 radical (unpaired) electrons. The SMILES string of the molecule is CCNC(=O)Cn1c(CCCNC(C)=O)nc2ccccc21. The van der Waals surface area contributed by atoms with Crippen molar-refractivity contribution in [1.29, 1.82) is 0 Å². The van der Waals surface area contributed by atoms with Crippen LogP contribution >= 0.6 is 0 Å². The summed E-state index contributed by atoms with van der Waals surface area (Å²) >= 11 is 0. The molecule has 0 spiro atoms. The van der Waals surface area contributed by atoms with E-state index in [0.717, 1.165) is 23.3 Å². The number of aryl methyl sites for hydroxylation is 1. The molecule has 0 atom stereocenters. The van der Waals surface area contributed by atoms with E-state index >= 15 is 0 Å². The molecule has 0 saturated carbocycles. The number of fused-ring (bicyclic) bond motifs is 1. The number of hydrogen-bond acceptors (Lipinski definition) is 3. The van der Waals surface area contributed by atoms with Crippen LogP contribution in [0.5, 0.6) is 0 Å². The molecule has 0 saturated heterocycles. The minimum Gasteiger partial charge on any atom is -0.356 e. The average molecular weight is 302 g/mol. The van der Waals surface area contributed by atoms with E-state index in [-0.39, 0.29) is 18.4 Å². The number of nitrogens with one attached hydrogen (secondary N) is 2. The van der Waals surface area contributed by atoms with Crippen LogP contribution in [0.3, 0.4) is 0 Å². The molecule has 118 valence electrons. The summed E-state index contributed by atoms with van der Waals surface area (Å²) < 4.78 is 1.95. The maximum absolute atomic E-state index is 11.9. The molecule has 0 aliphatic heterocycles. The largest absolute Gasteiger partial charge is 0.356 e. The highest BCUT2D eigenvalue weighted by molar-refractivity contribution is 5.81. The lowest BCUT2D eigenvalue weighted by Crippen LogP contribution is -2.28. The van der Waals surface area contributed by atoms with E-state index in [4.69, 9.17) is 0 Å². The maximum atomic E-state index is 11.9. The zero-order valence-electron chi connectivity index (χ0n) is 13.1. The number of rotatable bonds is 7. The number of carbonyl (C=O) groups is 2. The Hall–Kier alpha value is -2.37. The second-order valence-electron chi connectivity index (χ2n) is 5.14. The molecule has 0 unspecified atom stereocenters. The number of aromatic nitrogens is 2. The molecule has 0 bridgehead atoms. The summed E-state index contributed by atoms with van der Waals surface area (Å²) in [6.07, 6.45) is 1.51. The summed E-state index contributed by atoms with van der Waals surface area (Å²) in [6, 6.07) is 7.80. The molecular weight excluding hydrogens is 280 g/mol. The first-order valence-corrected chi connectivity index (χ1v) is 7.57. The predicted octanol–water partition coefficient (Wildman–Crippen LogP) is 1.24. The van der Waals surface area contributed by atoms with Gasteiger partial charge in [0, 0.05) is 26.4 Å². The number of benzene rings is 1. The van der Waals surface area contributed by atoms with Crippen LogP contribution in [-0.4, -0.2) is 34.5 Å². The van der Waals surface area contributed by atoms with Crippen molar-refractivity contribution < 1.29 is 9.59 Å². The van der Waals surface area contributed by atoms with E-state index in [1.54, 1.807) is 0 Å². The number of carbonyl (C=O) groups excluding carboxylic acids is 2. The third kappa shape index (κ3) is 4.07. The van der Waals surface area contributed by atoms with Gasteiger partial charge in [0.2, 0.25) is 11.8 Å². The summed E-state index contributed by atoms with van der Waals surface area (Å²) in [4.78, 5) is 27.4. The highest BCUT2D eigenvalue weighted by Crippen LogP contribution is 2.17. The molecule has 1 aromatic heterocycles. The van der Waals surface area contributed by atoms with Crippen LogP contribution in [0, 0.1) is 0 Å². The Morgan fingerprint density at radius 3 is 2.73 bits per heavy atom. The molecule has 0 aliphatic carbocycles. The molecule has 2 rings (SSSR count). The summed E-state index contributed by atoms with van der Waals surface area (Å²) in [7, 11) is 0. The van der Waals surface area contributed by atoms with E-state index in [2.05, 4.69) is 15.6 Å². The van der Waals surface area contributed by atoms with Crippen LogP contribution in [0.15, 0.2) is 24.3 Å². The number of amides is 2. The van der Waals surface area contributed by atoms with Gasteiger partial charge in [-0.25, -0.2) is 4.98 Å². The van der Waals surface area contributed by atoms with Gasteiger partial charge in [-0.15, -0.1) is 0 Å². The number of imidazole rings is 1. The van der Waals surface area contributed by atoms with Crippen LogP contribution in [0.4, 0.5) is 0 Å². The van der Waals surface area contributed by atoms with Gasteiger partial charge in [0.1, 0.15) is 12.4 Å². The Kier molecular flexibility index (Phi) is 5.52. The standard InChI is InChI=1S/C16H22N4O2/c1-3-17-16(22)11-20-14-8-5-4-7-13(14)19-15(20)9-6-10-18-12(2)21/h4-5,7-8H,3,6,9-11H2,1-2H3,(H,17,22)(H,18,21). The topological polar surface area (TPSA) is 76.0 Å². The van der Waals surface area contributed by atoms with Gasteiger partial charge in [-0.3, -0.25) is 9.59 Å². The quantitative estimate of drug-likeness (QED) is 0.756. The highest BCUT2D eigenvalue weighted by atomic mass is 16.2. The molecule has 6 heteroatoms. The smallest absolute Gasteiger partial charge is 0.239 e. The number of nitrogens with zero attached hydrogens (tertiary/aromatic N) is 2. The minimum absolute atomic E-state index is 0.0197. The lowest BCUT2D eigenvalue weighted by atomic mass is 10.3. The molecule has 1 heterocycles. The Bertz CT molecular complexity index is 663. The monoisotopic (exact) mass is 302 g/mol. The number of likely N-dealkylation sites (N-methyl/N-ethyl adjacent to an activating group) is 1. The summed E-state index contributed by atoms with van der Waals surface area (Å²) in [5.41, 5.74) is 1.85. The third-order valence-electron chi connectivity index (χ3n) is 3.36. The molecule has 2 amide bonds. The van der Waals surface area contributed by atoms with Gasteiger partial charge in [-0.1, -0.05) is 12.1 Å². The fourth-order valence-corrected chi connectivity index (χ4v) is 2.40. The van der Waals surface area contributed by atoms with Crippen LogP contribution in [-0.2, 0) is 22.6 Å². The van der Waals surface area contributed by atoms with Crippen LogP contribution in [0.2, 0.25) is 0 Å². The fraction of sp³-hybridized carbons (Fsp3) is 0.438. The number of hydrogen-bond donors (Lipinski definition) is 2. The van der Waals surface area contributed by atoms with Crippen molar-refractivity contribution in [3.63, 3.8) is 0 Å². The first-order chi connectivity index (χ1) is 10.6. The van der Waals surface area contributed by atoms with Gasteiger partial charge < -0.3 is 15.2 Å². The highest BCUT2D eigenvalue weighted by Gasteiger charge is 2.12. The maximum Gasteiger partial charge on any atom is 0.239 e. The van der Waals surface area contributed by atoms with Crippen molar-refractivity contribution >= 4 is 22.8 Å². The van der Waals surface area contributed by atoms with Gasteiger partial charge in [-0.05, 0) is 25.5 Å². The summed E-state index contributed by atoms with van der Waals surface area (Å²) in [6.45, 7) is 4.90. The molecular formula is C16H22N4O2. The second kappa shape index (κ2) is 7.59. The van der Waals surface area contributed by atoms with Gasteiger partial charge >= 0.3 is 0 Å². The van der Waals surface area contributed by atoms with Crippen molar-refractivity contribution in [2.24, 2.45) is 0 Å². The number of para-hydroxylation sites is 2. The second-order valence-corrected chi connectivity index (χ2v) is 5.14. The zero-order valence-corrected chi connectivity index (χ0v) is 13.1. The van der Waals surface area contributed by atoms with Crippen LogP contribution in [0.25, 0.3) is 11.0 Å². The fourth-order valence-electron chi connectivity index (χ4n) is 2.40. The minimum atomic E-state index is -0.0316. The predicted molar refractivity (Wildman–Crippen MR) is 85.4 cm³/mol. The molecule has 0 aliphatic rings. The molecule has 1 aromatic carbocycles. The van der Waals surface area contributed by atoms with Gasteiger partial charge in [0.25, 0.3) is 0 Å². The molecule has 22 heavy (non-hydrogen) atoms. The van der Waals surface area contributed by atoms with Gasteiger partial charge in [0.05, 0.1) is 11.0 Å². The normalized spacial score (nSPS) is 10.6. The van der Waals surface area contributed by atoms with Gasteiger partial charge in [0.15, 0.2) is 0 Å². The van der Waals surface area contributed by atoms with Crippen LogP contribution in [0.1, 0.15) is 26.1 Å². The van der Waals surface area contributed by atoms with E-state index in [1.807, 2.05) is 35.8 Å².